The molecule has 0 aliphatic heterocycles. The van der Waals surface area contributed by atoms with Crippen molar-refractivity contribution < 1.29 is 4.74 Å². The van der Waals surface area contributed by atoms with E-state index in [1.165, 1.54) is 25.7 Å². The smallest absolute Gasteiger partial charge is 0.0663 e. The number of ether oxygens (including phenoxy) is 1. The maximum atomic E-state index is 6.37. The molecule has 2 fully saturated rings. The zero-order valence-corrected chi connectivity index (χ0v) is 10.7. The lowest BCUT2D eigenvalue weighted by Crippen LogP contribution is -2.56. The van der Waals surface area contributed by atoms with Crippen molar-refractivity contribution in [2.45, 2.75) is 76.4 Å². The Labute approximate surface area is 98.5 Å². The Kier molecular flexibility index (Phi) is 3.62. The molecular formula is C13H23ClO. The van der Waals surface area contributed by atoms with E-state index in [4.69, 9.17) is 16.3 Å². The molecule has 1 nitrogen and oxygen atoms in total. The third-order valence-electron chi connectivity index (χ3n) is 4.66. The monoisotopic (exact) mass is 230 g/mol. The Morgan fingerprint density at radius 1 is 1.20 bits per heavy atom. The summed E-state index contributed by atoms with van der Waals surface area (Å²) in [6, 6.07) is 0. The number of hydrogen-bond donors (Lipinski definition) is 0. The van der Waals surface area contributed by atoms with E-state index in [0.29, 0.717) is 17.6 Å². The molecule has 0 aromatic rings. The van der Waals surface area contributed by atoms with Gasteiger partial charge in [-0.05, 0) is 32.1 Å². The number of rotatable bonds is 4. The first kappa shape index (κ1) is 11.7. The van der Waals surface area contributed by atoms with Gasteiger partial charge >= 0.3 is 0 Å². The van der Waals surface area contributed by atoms with Crippen LogP contribution in [0.4, 0.5) is 0 Å². The molecule has 0 aromatic carbocycles. The summed E-state index contributed by atoms with van der Waals surface area (Å²) in [7, 11) is 0. The number of alkyl halides is 1. The zero-order valence-electron chi connectivity index (χ0n) is 9.97. The lowest BCUT2D eigenvalue weighted by molar-refractivity contribution is -0.140. The average molecular weight is 231 g/mol. The Hall–Kier alpha value is 0.250. The maximum Gasteiger partial charge on any atom is 0.0663 e. The second kappa shape index (κ2) is 4.63. The summed E-state index contributed by atoms with van der Waals surface area (Å²) in [5.74, 6) is 0. The molecule has 0 heterocycles. The van der Waals surface area contributed by atoms with Gasteiger partial charge in [0.1, 0.15) is 0 Å². The molecular weight excluding hydrogens is 208 g/mol. The largest absolute Gasteiger partial charge is 0.374 e. The number of hydrogen-bond acceptors (Lipinski definition) is 1. The fourth-order valence-corrected chi connectivity index (χ4v) is 3.91. The summed E-state index contributed by atoms with van der Waals surface area (Å²) >= 11 is 6.37. The van der Waals surface area contributed by atoms with Gasteiger partial charge < -0.3 is 4.74 Å². The maximum absolute atomic E-state index is 6.37. The predicted octanol–water partition coefficient (Wildman–Crippen LogP) is 4.13. The second-order valence-electron chi connectivity index (χ2n) is 5.17. The number of halogens is 1. The Morgan fingerprint density at radius 2 is 1.80 bits per heavy atom. The fraction of sp³-hybridized carbons (Fsp3) is 1.00. The average Bonchev–Trinajstić information content (AvgIpc) is 2.72. The topological polar surface area (TPSA) is 9.23 Å². The predicted molar refractivity (Wildman–Crippen MR) is 64.4 cm³/mol. The summed E-state index contributed by atoms with van der Waals surface area (Å²) in [5.41, 5.74) is 0.282. The van der Waals surface area contributed by atoms with E-state index in [2.05, 4.69) is 13.8 Å². The minimum Gasteiger partial charge on any atom is -0.374 e. The minimum absolute atomic E-state index is 0.282. The summed E-state index contributed by atoms with van der Waals surface area (Å²) < 4.78 is 6.23. The van der Waals surface area contributed by atoms with Crippen molar-refractivity contribution in [3.05, 3.63) is 0 Å². The molecule has 2 aliphatic rings. The Bertz CT molecular complexity index is 207. The molecule has 2 unspecified atom stereocenters. The lowest BCUT2D eigenvalue weighted by Gasteiger charge is -2.53. The molecule has 2 atom stereocenters. The van der Waals surface area contributed by atoms with Crippen LogP contribution in [-0.4, -0.2) is 17.6 Å². The van der Waals surface area contributed by atoms with Gasteiger partial charge in [-0.15, -0.1) is 11.6 Å². The second-order valence-corrected chi connectivity index (χ2v) is 5.70. The van der Waals surface area contributed by atoms with Crippen molar-refractivity contribution in [1.82, 2.24) is 0 Å². The van der Waals surface area contributed by atoms with Gasteiger partial charge in [-0.3, -0.25) is 0 Å². The van der Waals surface area contributed by atoms with Gasteiger partial charge in [0.2, 0.25) is 0 Å². The van der Waals surface area contributed by atoms with Gasteiger partial charge in [-0.2, -0.15) is 0 Å². The van der Waals surface area contributed by atoms with Gasteiger partial charge in [0, 0.05) is 10.8 Å². The van der Waals surface area contributed by atoms with E-state index in [-0.39, 0.29) is 5.41 Å². The third kappa shape index (κ3) is 1.93. The lowest BCUT2D eigenvalue weighted by atomic mass is 9.62. The van der Waals surface area contributed by atoms with Crippen LogP contribution in [0.1, 0.15) is 58.8 Å². The molecule has 2 saturated carbocycles. The van der Waals surface area contributed by atoms with E-state index < -0.39 is 0 Å². The summed E-state index contributed by atoms with van der Waals surface area (Å²) in [4.78, 5) is 0. The van der Waals surface area contributed by atoms with E-state index in [1.54, 1.807) is 0 Å². The van der Waals surface area contributed by atoms with E-state index in [1.807, 2.05) is 0 Å². The molecule has 2 heteroatoms. The first-order valence-electron chi connectivity index (χ1n) is 6.52. The van der Waals surface area contributed by atoms with Crippen molar-refractivity contribution in [1.29, 1.82) is 0 Å². The van der Waals surface area contributed by atoms with Crippen LogP contribution in [0.25, 0.3) is 0 Å². The quantitative estimate of drug-likeness (QED) is 0.660. The van der Waals surface area contributed by atoms with Gasteiger partial charge in [0.05, 0.1) is 12.2 Å². The minimum atomic E-state index is 0.282. The SMILES string of the molecule is CCC1(CC)C(Cl)CC1OC1CCCC1. The van der Waals surface area contributed by atoms with Crippen LogP contribution in [0.2, 0.25) is 0 Å². The standard InChI is InChI=1S/C13H23ClO/c1-3-13(4-2)11(14)9-12(13)15-10-7-5-6-8-10/h10-12H,3-9H2,1-2H3. The van der Waals surface area contributed by atoms with Crippen LogP contribution in [0.3, 0.4) is 0 Å². The van der Waals surface area contributed by atoms with Crippen LogP contribution >= 0.6 is 11.6 Å². The van der Waals surface area contributed by atoms with Crippen LogP contribution in [0, 0.1) is 5.41 Å². The van der Waals surface area contributed by atoms with Gasteiger partial charge in [0.15, 0.2) is 0 Å². The molecule has 0 radical (unpaired) electrons. The first-order valence-corrected chi connectivity index (χ1v) is 6.96. The third-order valence-corrected chi connectivity index (χ3v) is 5.27. The van der Waals surface area contributed by atoms with E-state index >= 15 is 0 Å². The van der Waals surface area contributed by atoms with Gasteiger partial charge in [-0.25, -0.2) is 0 Å². The van der Waals surface area contributed by atoms with Crippen molar-refractivity contribution in [3.8, 4) is 0 Å². The van der Waals surface area contributed by atoms with Gasteiger partial charge in [-0.1, -0.05) is 26.7 Å². The summed E-state index contributed by atoms with van der Waals surface area (Å²) in [5, 5.41) is 0.346. The molecule has 15 heavy (non-hydrogen) atoms. The molecule has 2 aliphatic carbocycles. The summed E-state index contributed by atoms with van der Waals surface area (Å²) in [6.45, 7) is 4.51. The zero-order chi connectivity index (χ0) is 10.9. The summed E-state index contributed by atoms with van der Waals surface area (Å²) in [6.07, 6.45) is 9.62. The first-order chi connectivity index (χ1) is 7.23. The van der Waals surface area contributed by atoms with E-state index in [9.17, 15) is 0 Å². The van der Waals surface area contributed by atoms with Crippen LogP contribution in [0.5, 0.6) is 0 Å². The molecule has 0 bridgehead atoms. The Morgan fingerprint density at radius 3 is 2.27 bits per heavy atom. The molecule has 0 N–H and O–H groups in total. The molecule has 0 amide bonds. The van der Waals surface area contributed by atoms with Crippen molar-refractivity contribution in [2.24, 2.45) is 5.41 Å². The van der Waals surface area contributed by atoms with Crippen molar-refractivity contribution in [2.75, 3.05) is 0 Å². The molecule has 0 aromatic heterocycles. The normalized spacial score (nSPS) is 35.4. The van der Waals surface area contributed by atoms with Gasteiger partial charge in [0.25, 0.3) is 0 Å². The highest BCUT2D eigenvalue weighted by Gasteiger charge is 2.53. The van der Waals surface area contributed by atoms with E-state index in [0.717, 1.165) is 19.3 Å². The van der Waals surface area contributed by atoms with Crippen molar-refractivity contribution in [3.63, 3.8) is 0 Å². The Balaban J connectivity index is 1.92. The molecule has 2 rings (SSSR count). The molecule has 88 valence electrons. The van der Waals surface area contributed by atoms with Crippen LogP contribution in [0.15, 0.2) is 0 Å². The highest BCUT2D eigenvalue weighted by atomic mass is 35.5. The highest BCUT2D eigenvalue weighted by molar-refractivity contribution is 6.21. The van der Waals surface area contributed by atoms with Crippen LogP contribution in [-0.2, 0) is 4.74 Å². The molecule has 0 saturated heterocycles. The van der Waals surface area contributed by atoms with Crippen molar-refractivity contribution >= 4 is 11.6 Å². The fourth-order valence-electron chi connectivity index (χ4n) is 3.29. The molecule has 0 spiro atoms. The highest BCUT2D eigenvalue weighted by Crippen LogP contribution is 2.52. The van der Waals surface area contributed by atoms with Crippen LogP contribution < -0.4 is 0 Å².